The highest BCUT2D eigenvalue weighted by atomic mass is 79.9. The average Bonchev–Trinajstić information content (AvgIpc) is 3.31. The molecule has 1 N–H and O–H groups in total. The molecule has 3 aromatic carbocycles. The van der Waals surface area contributed by atoms with Crippen molar-refractivity contribution in [2.24, 2.45) is 5.10 Å². The van der Waals surface area contributed by atoms with E-state index in [-0.39, 0.29) is 17.8 Å². The Kier molecular flexibility index (Phi) is 3.98. The number of anilines is 1. The van der Waals surface area contributed by atoms with Crippen LogP contribution in [0, 0.1) is 5.82 Å². The van der Waals surface area contributed by atoms with E-state index in [4.69, 9.17) is 21.4 Å². The van der Waals surface area contributed by atoms with Crippen molar-refractivity contribution < 1.29 is 13.9 Å². The van der Waals surface area contributed by atoms with Crippen LogP contribution in [0.1, 0.15) is 29.2 Å². The normalized spacial score (nSPS) is 23.1. The van der Waals surface area contributed by atoms with Crippen LogP contribution in [0.2, 0.25) is 5.02 Å². The van der Waals surface area contributed by atoms with E-state index in [9.17, 15) is 9.18 Å². The van der Waals surface area contributed by atoms with E-state index in [1.165, 1.54) is 12.1 Å². The predicted octanol–water partition coefficient (Wildman–Crippen LogP) is 5.59. The number of carbonyl (C=O) groups is 1. The molecule has 154 valence electrons. The summed E-state index contributed by atoms with van der Waals surface area (Å²) in [5.74, 6) is -0.0247. The highest BCUT2D eigenvalue weighted by Crippen LogP contribution is 2.54. The van der Waals surface area contributed by atoms with E-state index in [1.54, 1.807) is 35.3 Å². The molecule has 1 amide bonds. The van der Waals surface area contributed by atoms with E-state index in [0.717, 1.165) is 21.3 Å². The van der Waals surface area contributed by atoms with Gasteiger partial charge in [-0.25, -0.2) is 9.40 Å². The third-order valence-corrected chi connectivity index (χ3v) is 6.63. The maximum atomic E-state index is 13.5. The summed E-state index contributed by atoms with van der Waals surface area (Å²) in [5.41, 5.74) is 2.25. The van der Waals surface area contributed by atoms with Crippen LogP contribution in [0.3, 0.4) is 0 Å². The van der Waals surface area contributed by atoms with Crippen LogP contribution in [0.5, 0.6) is 5.75 Å². The Balaban J connectivity index is 1.58. The van der Waals surface area contributed by atoms with Crippen LogP contribution in [-0.2, 0) is 10.5 Å². The lowest BCUT2D eigenvalue weighted by atomic mass is 9.92. The summed E-state index contributed by atoms with van der Waals surface area (Å²) >= 11 is 9.81. The van der Waals surface area contributed by atoms with E-state index in [0.29, 0.717) is 28.4 Å². The Morgan fingerprint density at radius 3 is 2.77 bits per heavy atom. The topological polar surface area (TPSA) is 53.9 Å². The Labute approximate surface area is 190 Å². The maximum Gasteiger partial charge on any atom is 0.306 e. The molecule has 3 aromatic rings. The summed E-state index contributed by atoms with van der Waals surface area (Å²) in [5, 5.41) is 9.96. The second-order valence-electron chi connectivity index (χ2n) is 7.69. The Bertz CT molecular complexity index is 1300. The zero-order chi connectivity index (χ0) is 21.3. The fourth-order valence-corrected chi connectivity index (χ4v) is 5.05. The lowest BCUT2D eigenvalue weighted by Gasteiger charge is -2.44. The Morgan fingerprint density at radius 1 is 1.16 bits per heavy atom. The number of benzene rings is 3. The standard InChI is InChI=1S/C23H14BrClFN3O2/c24-13-3-8-21-16(9-13)20-11-19(12-1-5-15(26)6-2-12)28-29(20)23(31-21)17-10-14(25)4-7-18(17)27-22(23)30/h1-10,20H,11H2,(H,27,30)/t20-,23+/m0/s1. The molecule has 0 aliphatic carbocycles. The fraction of sp³-hybridized carbons (Fsp3) is 0.130. The van der Waals surface area contributed by atoms with Crippen molar-refractivity contribution in [3.63, 3.8) is 0 Å². The van der Waals surface area contributed by atoms with Gasteiger partial charge in [0.15, 0.2) is 0 Å². The van der Waals surface area contributed by atoms with Gasteiger partial charge in [-0.1, -0.05) is 39.7 Å². The summed E-state index contributed by atoms with van der Waals surface area (Å²) < 4.78 is 20.8. The molecule has 8 heteroatoms. The molecule has 3 heterocycles. The number of nitrogens with one attached hydrogen (secondary N) is 1. The molecule has 2 atom stereocenters. The van der Waals surface area contributed by atoms with Gasteiger partial charge in [0.2, 0.25) is 0 Å². The SMILES string of the molecule is O=C1Nc2ccc(Cl)cc2[C@@]12Oc1ccc(Br)cc1[C@@H]1CC(c3ccc(F)cc3)=NN12. The number of hydrogen-bond acceptors (Lipinski definition) is 4. The molecule has 0 radical (unpaired) electrons. The molecule has 0 aromatic heterocycles. The van der Waals surface area contributed by atoms with Crippen molar-refractivity contribution in [2.75, 3.05) is 5.32 Å². The maximum absolute atomic E-state index is 13.5. The molecule has 3 aliphatic heterocycles. The average molecular weight is 499 g/mol. The highest BCUT2D eigenvalue weighted by Gasteiger charge is 2.61. The summed E-state index contributed by atoms with van der Waals surface area (Å²) in [4.78, 5) is 13.4. The largest absolute Gasteiger partial charge is 0.453 e. The van der Waals surface area contributed by atoms with Crippen LogP contribution in [0.15, 0.2) is 70.2 Å². The van der Waals surface area contributed by atoms with Gasteiger partial charge in [0.05, 0.1) is 23.0 Å². The van der Waals surface area contributed by atoms with E-state index >= 15 is 0 Å². The minimum Gasteiger partial charge on any atom is -0.453 e. The van der Waals surface area contributed by atoms with Crippen molar-refractivity contribution in [3.8, 4) is 5.75 Å². The van der Waals surface area contributed by atoms with Crippen molar-refractivity contribution in [2.45, 2.75) is 18.2 Å². The summed E-state index contributed by atoms with van der Waals surface area (Å²) in [6.45, 7) is 0. The molecule has 0 saturated carbocycles. The van der Waals surface area contributed by atoms with Crippen molar-refractivity contribution in [1.82, 2.24) is 5.01 Å². The highest BCUT2D eigenvalue weighted by molar-refractivity contribution is 9.10. The van der Waals surface area contributed by atoms with Gasteiger partial charge in [0.25, 0.3) is 5.91 Å². The number of nitrogens with zero attached hydrogens (tertiary/aromatic N) is 2. The van der Waals surface area contributed by atoms with Gasteiger partial charge in [-0.15, -0.1) is 0 Å². The molecule has 0 bridgehead atoms. The van der Waals surface area contributed by atoms with Crippen LogP contribution < -0.4 is 10.1 Å². The lowest BCUT2D eigenvalue weighted by molar-refractivity contribution is -0.161. The first kappa shape index (κ1) is 18.8. The second kappa shape index (κ2) is 6.55. The Morgan fingerprint density at radius 2 is 1.97 bits per heavy atom. The van der Waals surface area contributed by atoms with Gasteiger partial charge < -0.3 is 10.1 Å². The van der Waals surface area contributed by atoms with Gasteiger partial charge in [0.1, 0.15) is 11.6 Å². The van der Waals surface area contributed by atoms with Gasteiger partial charge >= 0.3 is 5.72 Å². The van der Waals surface area contributed by atoms with Crippen LogP contribution in [-0.4, -0.2) is 16.6 Å². The summed E-state index contributed by atoms with van der Waals surface area (Å²) in [6.07, 6.45) is 0.545. The number of rotatable bonds is 1. The molecular formula is C23H14BrClFN3O2. The minimum atomic E-state index is -1.48. The van der Waals surface area contributed by atoms with Crippen LogP contribution in [0.4, 0.5) is 10.1 Å². The number of fused-ring (bicyclic) bond motifs is 6. The van der Waals surface area contributed by atoms with E-state index in [1.807, 2.05) is 18.2 Å². The second-order valence-corrected chi connectivity index (χ2v) is 9.04. The Hall–Kier alpha value is -2.90. The monoisotopic (exact) mass is 497 g/mol. The van der Waals surface area contributed by atoms with Crippen LogP contribution in [0.25, 0.3) is 0 Å². The molecule has 31 heavy (non-hydrogen) atoms. The molecule has 6 rings (SSSR count). The molecule has 1 spiro atoms. The third-order valence-electron chi connectivity index (χ3n) is 5.90. The number of ether oxygens (including phenoxy) is 1. The van der Waals surface area contributed by atoms with Gasteiger partial charge in [-0.3, -0.25) is 4.79 Å². The van der Waals surface area contributed by atoms with Gasteiger partial charge in [-0.2, -0.15) is 5.10 Å². The molecule has 0 saturated heterocycles. The lowest BCUT2D eigenvalue weighted by Crippen LogP contribution is -2.55. The predicted molar refractivity (Wildman–Crippen MR) is 119 cm³/mol. The first-order valence-corrected chi connectivity index (χ1v) is 10.9. The van der Waals surface area contributed by atoms with Gasteiger partial charge in [0, 0.05) is 21.5 Å². The van der Waals surface area contributed by atoms with Crippen molar-refractivity contribution in [1.29, 1.82) is 0 Å². The van der Waals surface area contributed by atoms with Crippen LogP contribution >= 0.6 is 27.5 Å². The first-order valence-electron chi connectivity index (χ1n) is 9.68. The van der Waals surface area contributed by atoms with E-state index in [2.05, 4.69) is 21.2 Å². The summed E-state index contributed by atoms with van der Waals surface area (Å²) in [7, 11) is 0. The molecular weight excluding hydrogens is 485 g/mol. The molecule has 5 nitrogen and oxygen atoms in total. The number of halogens is 3. The molecule has 0 unspecified atom stereocenters. The number of amides is 1. The first-order chi connectivity index (χ1) is 15.0. The number of carbonyl (C=O) groups excluding carboxylic acids is 1. The zero-order valence-electron chi connectivity index (χ0n) is 15.9. The quantitative estimate of drug-likeness (QED) is 0.476. The molecule has 0 fully saturated rings. The van der Waals surface area contributed by atoms with E-state index < -0.39 is 5.72 Å². The molecule has 3 aliphatic rings. The number of hydrogen-bond donors (Lipinski definition) is 1. The van der Waals surface area contributed by atoms with Gasteiger partial charge in [-0.05, 0) is 54.1 Å². The number of hydrazone groups is 1. The zero-order valence-corrected chi connectivity index (χ0v) is 18.2. The fourth-order valence-electron chi connectivity index (χ4n) is 4.50. The minimum absolute atomic E-state index is 0.239. The summed E-state index contributed by atoms with van der Waals surface area (Å²) in [6, 6.07) is 16.9. The third kappa shape index (κ3) is 2.66. The van der Waals surface area contributed by atoms with Crippen molar-refractivity contribution in [3.05, 3.63) is 92.7 Å². The smallest absolute Gasteiger partial charge is 0.306 e. The van der Waals surface area contributed by atoms with Crippen molar-refractivity contribution >= 4 is 44.8 Å².